The fourth-order valence-corrected chi connectivity index (χ4v) is 2.58. The summed E-state index contributed by atoms with van der Waals surface area (Å²) in [6.45, 7) is 7.59. The molecule has 1 N–H and O–H groups in total. The third-order valence-electron chi connectivity index (χ3n) is 3.66. The summed E-state index contributed by atoms with van der Waals surface area (Å²) in [6, 6.07) is 0.604. The first-order valence-electron chi connectivity index (χ1n) is 6.04. The van der Waals surface area contributed by atoms with Crippen molar-refractivity contribution in [3.05, 3.63) is 0 Å². The van der Waals surface area contributed by atoms with Gasteiger partial charge in [0.15, 0.2) is 0 Å². The SMILES string of the molecule is CC(C)NCC1(C2CC2)CCCOC1. The Morgan fingerprint density at radius 2 is 2.21 bits per heavy atom. The monoisotopic (exact) mass is 197 g/mol. The molecule has 2 rings (SSSR count). The molecule has 1 atom stereocenters. The standard InChI is InChI=1S/C12H23NO/c1-10(2)13-8-12(11-4-5-11)6-3-7-14-9-12/h10-11,13H,3-9H2,1-2H3. The molecule has 0 aromatic carbocycles. The van der Waals surface area contributed by atoms with Crippen molar-refractivity contribution in [2.45, 2.75) is 45.6 Å². The molecule has 1 saturated heterocycles. The first-order chi connectivity index (χ1) is 6.73. The van der Waals surface area contributed by atoms with Crippen LogP contribution in [0.15, 0.2) is 0 Å². The Morgan fingerprint density at radius 3 is 2.71 bits per heavy atom. The van der Waals surface area contributed by atoms with Gasteiger partial charge in [0.2, 0.25) is 0 Å². The molecule has 14 heavy (non-hydrogen) atoms. The zero-order chi connectivity index (χ0) is 10.0. The molecule has 0 bridgehead atoms. The fraction of sp³-hybridized carbons (Fsp3) is 1.00. The molecule has 0 aromatic rings. The molecule has 1 heterocycles. The summed E-state index contributed by atoms with van der Waals surface area (Å²) in [5.74, 6) is 0.953. The molecule has 2 nitrogen and oxygen atoms in total. The summed E-state index contributed by atoms with van der Waals surface area (Å²) in [6.07, 6.45) is 5.50. The van der Waals surface area contributed by atoms with Crippen LogP contribution in [0.25, 0.3) is 0 Å². The van der Waals surface area contributed by atoms with E-state index in [1.165, 1.54) is 25.7 Å². The van der Waals surface area contributed by atoms with Crippen molar-refractivity contribution in [2.24, 2.45) is 11.3 Å². The van der Waals surface area contributed by atoms with Crippen LogP contribution >= 0.6 is 0 Å². The quantitative estimate of drug-likeness (QED) is 0.746. The van der Waals surface area contributed by atoms with Crippen LogP contribution in [-0.4, -0.2) is 25.8 Å². The van der Waals surface area contributed by atoms with E-state index in [0.717, 1.165) is 25.7 Å². The van der Waals surface area contributed by atoms with E-state index in [0.29, 0.717) is 11.5 Å². The van der Waals surface area contributed by atoms with Crippen molar-refractivity contribution in [1.29, 1.82) is 0 Å². The van der Waals surface area contributed by atoms with Crippen molar-refractivity contribution in [1.82, 2.24) is 5.32 Å². The molecular weight excluding hydrogens is 174 g/mol. The summed E-state index contributed by atoms with van der Waals surface area (Å²) >= 11 is 0. The lowest BCUT2D eigenvalue weighted by Crippen LogP contribution is -2.44. The first-order valence-corrected chi connectivity index (χ1v) is 6.04. The van der Waals surface area contributed by atoms with Crippen LogP contribution in [0.1, 0.15) is 39.5 Å². The average Bonchev–Trinajstić information content (AvgIpc) is 3.00. The fourth-order valence-electron chi connectivity index (χ4n) is 2.58. The van der Waals surface area contributed by atoms with Crippen LogP contribution in [0.3, 0.4) is 0 Å². The summed E-state index contributed by atoms with van der Waals surface area (Å²) in [5.41, 5.74) is 0.489. The number of rotatable bonds is 4. The maximum atomic E-state index is 5.68. The molecule has 0 spiro atoms. The van der Waals surface area contributed by atoms with E-state index in [-0.39, 0.29) is 0 Å². The molecule has 0 amide bonds. The highest BCUT2D eigenvalue weighted by Crippen LogP contribution is 2.49. The van der Waals surface area contributed by atoms with Gasteiger partial charge in [-0.3, -0.25) is 0 Å². The lowest BCUT2D eigenvalue weighted by atomic mass is 9.77. The topological polar surface area (TPSA) is 21.3 Å². The maximum absolute atomic E-state index is 5.68. The molecule has 2 heteroatoms. The van der Waals surface area contributed by atoms with Crippen molar-refractivity contribution in [3.8, 4) is 0 Å². The molecule has 2 aliphatic rings. The third-order valence-corrected chi connectivity index (χ3v) is 3.66. The van der Waals surface area contributed by atoms with Crippen LogP contribution in [0, 0.1) is 11.3 Å². The zero-order valence-electron chi connectivity index (χ0n) is 9.51. The Morgan fingerprint density at radius 1 is 1.43 bits per heavy atom. The van der Waals surface area contributed by atoms with Gasteiger partial charge in [-0.1, -0.05) is 13.8 Å². The first kappa shape index (κ1) is 10.4. The molecular formula is C12H23NO. The lowest BCUT2D eigenvalue weighted by Gasteiger charge is -2.38. The molecule has 1 aliphatic carbocycles. The van der Waals surface area contributed by atoms with E-state index < -0.39 is 0 Å². The van der Waals surface area contributed by atoms with Gasteiger partial charge in [0.05, 0.1) is 6.61 Å². The molecule has 1 saturated carbocycles. The average molecular weight is 197 g/mol. The molecule has 82 valence electrons. The predicted octanol–water partition coefficient (Wildman–Crippen LogP) is 2.19. The van der Waals surface area contributed by atoms with Crippen LogP contribution in [0.4, 0.5) is 0 Å². The Bertz CT molecular complexity index is 181. The van der Waals surface area contributed by atoms with Crippen molar-refractivity contribution in [2.75, 3.05) is 19.8 Å². The highest BCUT2D eigenvalue weighted by molar-refractivity contribution is 4.97. The summed E-state index contributed by atoms with van der Waals surface area (Å²) in [7, 11) is 0. The van der Waals surface area contributed by atoms with Gasteiger partial charge in [-0.2, -0.15) is 0 Å². The van der Waals surface area contributed by atoms with E-state index in [1.54, 1.807) is 0 Å². The van der Waals surface area contributed by atoms with E-state index in [9.17, 15) is 0 Å². The van der Waals surface area contributed by atoms with Crippen molar-refractivity contribution < 1.29 is 4.74 Å². The highest BCUT2D eigenvalue weighted by Gasteiger charge is 2.45. The molecule has 2 fully saturated rings. The van der Waals surface area contributed by atoms with Gasteiger partial charge in [0, 0.05) is 24.6 Å². The zero-order valence-corrected chi connectivity index (χ0v) is 9.51. The van der Waals surface area contributed by atoms with Gasteiger partial charge in [-0.25, -0.2) is 0 Å². The molecule has 1 unspecified atom stereocenters. The van der Waals surface area contributed by atoms with E-state index >= 15 is 0 Å². The second kappa shape index (κ2) is 4.19. The largest absolute Gasteiger partial charge is 0.381 e. The second-order valence-corrected chi connectivity index (χ2v) is 5.33. The molecule has 1 aliphatic heterocycles. The Balaban J connectivity index is 1.91. The minimum atomic E-state index is 0.489. The van der Waals surface area contributed by atoms with Crippen LogP contribution in [0.2, 0.25) is 0 Å². The minimum absolute atomic E-state index is 0.489. The van der Waals surface area contributed by atoms with Gasteiger partial charge in [0.1, 0.15) is 0 Å². The number of ether oxygens (including phenoxy) is 1. The predicted molar refractivity (Wildman–Crippen MR) is 58.3 cm³/mol. The maximum Gasteiger partial charge on any atom is 0.0537 e. The smallest absolute Gasteiger partial charge is 0.0537 e. The Hall–Kier alpha value is -0.0800. The van der Waals surface area contributed by atoms with E-state index in [4.69, 9.17) is 4.74 Å². The lowest BCUT2D eigenvalue weighted by molar-refractivity contribution is -0.0209. The second-order valence-electron chi connectivity index (χ2n) is 5.33. The van der Waals surface area contributed by atoms with Gasteiger partial charge in [-0.05, 0) is 31.6 Å². The van der Waals surface area contributed by atoms with Crippen LogP contribution < -0.4 is 5.32 Å². The van der Waals surface area contributed by atoms with Crippen molar-refractivity contribution >= 4 is 0 Å². The Kier molecular flexibility index (Phi) is 3.13. The number of hydrogen-bond acceptors (Lipinski definition) is 2. The summed E-state index contributed by atoms with van der Waals surface area (Å²) in [4.78, 5) is 0. The van der Waals surface area contributed by atoms with Gasteiger partial charge < -0.3 is 10.1 Å². The van der Waals surface area contributed by atoms with Gasteiger partial charge in [0.25, 0.3) is 0 Å². The van der Waals surface area contributed by atoms with E-state index in [2.05, 4.69) is 19.2 Å². The van der Waals surface area contributed by atoms with E-state index in [1.807, 2.05) is 0 Å². The third kappa shape index (κ3) is 2.29. The Labute approximate surface area is 87.4 Å². The molecule has 0 aromatic heterocycles. The van der Waals surface area contributed by atoms with Crippen LogP contribution in [0.5, 0.6) is 0 Å². The van der Waals surface area contributed by atoms with Gasteiger partial charge >= 0.3 is 0 Å². The normalized spacial score (nSPS) is 33.6. The van der Waals surface area contributed by atoms with Gasteiger partial charge in [-0.15, -0.1) is 0 Å². The number of hydrogen-bond donors (Lipinski definition) is 1. The summed E-state index contributed by atoms with van der Waals surface area (Å²) in [5, 5.41) is 3.60. The highest BCUT2D eigenvalue weighted by atomic mass is 16.5. The minimum Gasteiger partial charge on any atom is -0.381 e. The van der Waals surface area contributed by atoms with Crippen molar-refractivity contribution in [3.63, 3.8) is 0 Å². The van der Waals surface area contributed by atoms with Crippen LogP contribution in [-0.2, 0) is 4.74 Å². The molecule has 0 radical (unpaired) electrons. The summed E-state index contributed by atoms with van der Waals surface area (Å²) < 4.78 is 5.68. The number of nitrogens with one attached hydrogen (secondary N) is 1.